The summed E-state index contributed by atoms with van der Waals surface area (Å²) in [4.78, 5) is 1.44. The van der Waals surface area contributed by atoms with E-state index in [9.17, 15) is 0 Å². The van der Waals surface area contributed by atoms with Crippen LogP contribution in [0.25, 0.3) is 0 Å². The lowest BCUT2D eigenvalue weighted by Crippen LogP contribution is -2.18. The highest BCUT2D eigenvalue weighted by molar-refractivity contribution is 5.45. The summed E-state index contributed by atoms with van der Waals surface area (Å²) in [5, 5.41) is 15.4. The van der Waals surface area contributed by atoms with E-state index in [1.165, 1.54) is 15.9 Å². The molecule has 1 aromatic carbocycles. The van der Waals surface area contributed by atoms with Crippen LogP contribution in [-0.4, -0.2) is 26.8 Å². The molecule has 6 heteroatoms. The number of nitrogens with zero attached hydrogens (tertiary/aromatic N) is 4. The Kier molecular flexibility index (Phi) is 3.64. The zero-order chi connectivity index (χ0) is 13.9. The first-order valence-corrected chi connectivity index (χ1v) is 6.98. The average molecular weight is 273 g/mol. The highest BCUT2D eigenvalue weighted by atomic mass is 16.5. The van der Waals surface area contributed by atoms with Crippen molar-refractivity contribution < 1.29 is 4.74 Å². The summed E-state index contributed by atoms with van der Waals surface area (Å²) in [6.07, 6.45) is 2.18. The second kappa shape index (κ2) is 5.58. The number of nitrogens with one attached hydrogen (secondary N) is 1. The molecule has 0 bridgehead atoms. The van der Waals surface area contributed by atoms with Crippen molar-refractivity contribution >= 4 is 0 Å². The van der Waals surface area contributed by atoms with Gasteiger partial charge in [0.1, 0.15) is 5.75 Å². The lowest BCUT2D eigenvalue weighted by atomic mass is 10.1. The second-order valence-electron chi connectivity index (χ2n) is 4.96. The zero-order valence-electron chi connectivity index (χ0n) is 11.8. The third kappa shape index (κ3) is 2.51. The molecule has 1 aromatic heterocycles. The molecule has 0 spiro atoms. The van der Waals surface area contributed by atoms with Crippen LogP contribution in [-0.2, 0) is 20.1 Å². The summed E-state index contributed by atoms with van der Waals surface area (Å²) in [7, 11) is 1.75. The Bertz CT molecular complexity index is 595. The Morgan fingerprint density at radius 3 is 3.10 bits per heavy atom. The Hall–Kier alpha value is -1.95. The van der Waals surface area contributed by atoms with E-state index in [1.807, 2.05) is 12.1 Å². The highest BCUT2D eigenvalue weighted by Gasteiger charge is 2.24. The van der Waals surface area contributed by atoms with Crippen molar-refractivity contribution in [3.8, 4) is 5.75 Å². The fourth-order valence-electron chi connectivity index (χ4n) is 2.74. The summed E-state index contributed by atoms with van der Waals surface area (Å²) in [5.41, 5.74) is 2.67. The largest absolute Gasteiger partial charge is 0.485 e. The van der Waals surface area contributed by atoms with Crippen LogP contribution in [0.5, 0.6) is 5.75 Å². The zero-order valence-corrected chi connectivity index (χ0v) is 11.8. The van der Waals surface area contributed by atoms with Gasteiger partial charge in [0, 0.05) is 6.04 Å². The number of aromatic nitrogens is 4. The highest BCUT2D eigenvalue weighted by Crippen LogP contribution is 2.36. The van der Waals surface area contributed by atoms with Crippen LogP contribution >= 0.6 is 0 Å². The van der Waals surface area contributed by atoms with Crippen molar-refractivity contribution in [2.45, 2.75) is 32.4 Å². The van der Waals surface area contributed by atoms with E-state index in [0.29, 0.717) is 18.5 Å². The molecule has 1 N–H and O–H groups in total. The first-order chi connectivity index (χ1) is 9.78. The smallest absolute Gasteiger partial charge is 0.212 e. The van der Waals surface area contributed by atoms with Gasteiger partial charge in [-0.25, -0.2) is 0 Å². The van der Waals surface area contributed by atoms with Crippen LogP contribution in [0.15, 0.2) is 18.2 Å². The molecule has 106 valence electrons. The lowest BCUT2D eigenvalue weighted by molar-refractivity contribution is 0.292. The van der Waals surface area contributed by atoms with Crippen molar-refractivity contribution in [3.63, 3.8) is 0 Å². The lowest BCUT2D eigenvalue weighted by Gasteiger charge is -2.13. The molecule has 1 aliphatic carbocycles. The molecule has 0 amide bonds. The van der Waals surface area contributed by atoms with Gasteiger partial charge in [-0.3, -0.25) is 0 Å². The van der Waals surface area contributed by atoms with Gasteiger partial charge in [0.2, 0.25) is 5.82 Å². The number of rotatable bonds is 5. The second-order valence-corrected chi connectivity index (χ2v) is 4.96. The van der Waals surface area contributed by atoms with E-state index in [1.54, 1.807) is 7.05 Å². The Balaban J connectivity index is 1.75. The number of ether oxygens (including phenoxy) is 1. The van der Waals surface area contributed by atoms with E-state index in [-0.39, 0.29) is 0 Å². The van der Waals surface area contributed by atoms with Gasteiger partial charge in [-0.2, -0.15) is 4.80 Å². The normalized spacial score (nSPS) is 17.2. The number of aryl methyl sites for hydroxylation is 1. The molecule has 0 radical (unpaired) electrons. The van der Waals surface area contributed by atoms with E-state index < -0.39 is 0 Å². The molecule has 3 rings (SSSR count). The molecule has 0 fully saturated rings. The summed E-state index contributed by atoms with van der Waals surface area (Å²) in [6.45, 7) is 3.48. The topological polar surface area (TPSA) is 64.9 Å². The molecular formula is C14H19N5O. The van der Waals surface area contributed by atoms with Gasteiger partial charge in [0.25, 0.3) is 0 Å². The number of hydrogen-bond acceptors (Lipinski definition) is 5. The molecule has 20 heavy (non-hydrogen) atoms. The average Bonchev–Trinajstić information content (AvgIpc) is 3.04. The van der Waals surface area contributed by atoms with Crippen LogP contribution < -0.4 is 10.1 Å². The maximum atomic E-state index is 5.87. The van der Waals surface area contributed by atoms with Crippen molar-refractivity contribution in [2.75, 3.05) is 6.54 Å². The maximum absolute atomic E-state index is 5.87. The molecule has 0 saturated carbocycles. The first-order valence-electron chi connectivity index (χ1n) is 6.98. The predicted octanol–water partition coefficient (Wildman–Crippen LogP) is 1.39. The van der Waals surface area contributed by atoms with Crippen molar-refractivity contribution in [2.24, 2.45) is 7.05 Å². The van der Waals surface area contributed by atoms with Gasteiger partial charge in [0.05, 0.1) is 7.05 Å². The molecular weight excluding hydrogens is 254 g/mol. The SMILES string of the molecule is CCNC1CCc2c(OCc3nnn(C)n3)cccc21. The minimum absolute atomic E-state index is 0.357. The molecule has 1 heterocycles. The van der Waals surface area contributed by atoms with Gasteiger partial charge in [0.15, 0.2) is 6.61 Å². The summed E-state index contributed by atoms with van der Waals surface area (Å²) < 4.78 is 5.87. The minimum atomic E-state index is 0.357. The molecule has 1 unspecified atom stereocenters. The van der Waals surface area contributed by atoms with Gasteiger partial charge in [-0.1, -0.05) is 19.1 Å². The molecule has 1 aliphatic rings. The number of fused-ring (bicyclic) bond motifs is 1. The first kappa shape index (κ1) is 13.1. The van der Waals surface area contributed by atoms with Crippen LogP contribution in [0.4, 0.5) is 0 Å². The summed E-state index contributed by atoms with van der Waals surface area (Å²) in [5.74, 6) is 1.54. The molecule has 0 aliphatic heterocycles. The Morgan fingerprint density at radius 2 is 2.35 bits per heavy atom. The van der Waals surface area contributed by atoms with E-state index >= 15 is 0 Å². The quantitative estimate of drug-likeness (QED) is 0.891. The number of tetrazole rings is 1. The summed E-state index contributed by atoms with van der Waals surface area (Å²) >= 11 is 0. The monoisotopic (exact) mass is 273 g/mol. The van der Waals surface area contributed by atoms with Gasteiger partial charge in [-0.15, -0.1) is 10.2 Å². The Labute approximate surface area is 118 Å². The van der Waals surface area contributed by atoms with Gasteiger partial charge in [-0.05, 0) is 41.8 Å². The van der Waals surface area contributed by atoms with Crippen molar-refractivity contribution in [1.82, 2.24) is 25.5 Å². The molecule has 6 nitrogen and oxygen atoms in total. The Morgan fingerprint density at radius 1 is 1.45 bits per heavy atom. The molecule has 0 saturated heterocycles. The van der Waals surface area contributed by atoms with E-state index in [0.717, 1.165) is 25.1 Å². The number of benzene rings is 1. The van der Waals surface area contributed by atoms with Crippen LogP contribution in [0.1, 0.15) is 36.3 Å². The third-order valence-electron chi connectivity index (χ3n) is 3.58. The summed E-state index contributed by atoms with van der Waals surface area (Å²) in [6, 6.07) is 6.70. The van der Waals surface area contributed by atoms with Gasteiger partial charge < -0.3 is 10.1 Å². The van der Waals surface area contributed by atoms with Crippen LogP contribution in [0.3, 0.4) is 0 Å². The molecule has 1 atom stereocenters. The van der Waals surface area contributed by atoms with Crippen molar-refractivity contribution in [1.29, 1.82) is 0 Å². The van der Waals surface area contributed by atoms with Crippen molar-refractivity contribution in [3.05, 3.63) is 35.2 Å². The molecule has 2 aromatic rings. The van der Waals surface area contributed by atoms with E-state index in [4.69, 9.17) is 4.74 Å². The fraction of sp³-hybridized carbons (Fsp3) is 0.500. The van der Waals surface area contributed by atoms with Crippen LogP contribution in [0.2, 0.25) is 0 Å². The number of hydrogen-bond donors (Lipinski definition) is 1. The van der Waals surface area contributed by atoms with Gasteiger partial charge >= 0.3 is 0 Å². The minimum Gasteiger partial charge on any atom is -0.485 e. The third-order valence-corrected chi connectivity index (χ3v) is 3.58. The standard InChI is InChI=1S/C14H19N5O/c1-3-15-12-8-7-11-10(12)5-4-6-13(11)20-9-14-16-18-19(2)17-14/h4-6,12,15H,3,7-9H2,1-2H3. The predicted molar refractivity (Wildman–Crippen MR) is 74.3 cm³/mol. The van der Waals surface area contributed by atoms with Crippen LogP contribution in [0, 0.1) is 0 Å². The fourth-order valence-corrected chi connectivity index (χ4v) is 2.74. The maximum Gasteiger partial charge on any atom is 0.212 e. The van der Waals surface area contributed by atoms with E-state index in [2.05, 4.69) is 33.7 Å².